The highest BCUT2D eigenvalue weighted by molar-refractivity contribution is 5.44. The molecule has 16 heavy (non-hydrogen) atoms. The fourth-order valence-corrected chi connectivity index (χ4v) is 2.50. The summed E-state index contributed by atoms with van der Waals surface area (Å²) in [6.07, 6.45) is 7.16. The van der Waals surface area contributed by atoms with E-state index in [9.17, 15) is 0 Å². The van der Waals surface area contributed by atoms with Gasteiger partial charge < -0.3 is 10.6 Å². The fraction of sp³-hybridized carbons (Fsp3) is 0.667. The highest BCUT2D eigenvalue weighted by Crippen LogP contribution is 2.26. The predicted octanol–water partition coefficient (Wildman–Crippen LogP) is 1.56. The van der Waals surface area contributed by atoms with E-state index in [1.807, 2.05) is 6.07 Å². The summed E-state index contributed by atoms with van der Waals surface area (Å²) >= 11 is 0. The summed E-state index contributed by atoms with van der Waals surface area (Å²) in [6.45, 7) is 1.60. The minimum absolute atomic E-state index is 0.528. The first-order valence-electron chi connectivity index (χ1n) is 6.03. The van der Waals surface area contributed by atoms with Crippen molar-refractivity contribution in [3.8, 4) is 0 Å². The molecule has 0 spiro atoms. The molecule has 0 saturated heterocycles. The van der Waals surface area contributed by atoms with Crippen molar-refractivity contribution in [2.24, 2.45) is 11.7 Å². The van der Waals surface area contributed by atoms with Crippen molar-refractivity contribution in [2.75, 3.05) is 18.5 Å². The van der Waals surface area contributed by atoms with Gasteiger partial charge in [0.15, 0.2) is 5.82 Å². The van der Waals surface area contributed by atoms with Crippen LogP contribution in [0.4, 0.5) is 5.82 Å². The Bertz CT molecular complexity index is 334. The Balaban J connectivity index is 2.04. The van der Waals surface area contributed by atoms with Crippen molar-refractivity contribution in [3.05, 3.63) is 17.8 Å². The van der Waals surface area contributed by atoms with Crippen molar-refractivity contribution < 1.29 is 0 Å². The monoisotopic (exact) mass is 220 g/mol. The van der Waals surface area contributed by atoms with Crippen molar-refractivity contribution in [1.82, 2.24) is 10.2 Å². The first kappa shape index (κ1) is 11.3. The first-order chi connectivity index (χ1) is 7.81. The largest absolute Gasteiger partial charge is 0.358 e. The van der Waals surface area contributed by atoms with E-state index in [4.69, 9.17) is 5.73 Å². The molecular weight excluding hydrogens is 200 g/mol. The van der Waals surface area contributed by atoms with Crippen LogP contribution in [-0.2, 0) is 6.54 Å². The average molecular weight is 220 g/mol. The van der Waals surface area contributed by atoms with Crippen LogP contribution in [0.25, 0.3) is 0 Å². The van der Waals surface area contributed by atoms with Crippen LogP contribution in [0.5, 0.6) is 0 Å². The lowest BCUT2D eigenvalue weighted by atomic mass is 10.1. The van der Waals surface area contributed by atoms with Crippen LogP contribution in [-0.4, -0.2) is 23.8 Å². The zero-order chi connectivity index (χ0) is 11.4. The normalized spacial score (nSPS) is 16.6. The molecule has 0 aliphatic heterocycles. The molecule has 2 N–H and O–H groups in total. The second-order valence-corrected chi connectivity index (χ2v) is 4.62. The molecule has 0 aromatic carbocycles. The van der Waals surface area contributed by atoms with Crippen LogP contribution >= 0.6 is 0 Å². The van der Waals surface area contributed by atoms with Crippen LogP contribution in [0.15, 0.2) is 12.3 Å². The van der Waals surface area contributed by atoms with E-state index in [1.54, 1.807) is 6.20 Å². The van der Waals surface area contributed by atoms with Gasteiger partial charge in [0, 0.05) is 25.7 Å². The molecule has 0 atom stereocenters. The summed E-state index contributed by atoms with van der Waals surface area (Å²) in [6, 6.07) is 1.95. The van der Waals surface area contributed by atoms with Gasteiger partial charge in [0.1, 0.15) is 0 Å². The molecule has 1 fully saturated rings. The Morgan fingerprint density at radius 1 is 1.44 bits per heavy atom. The van der Waals surface area contributed by atoms with Gasteiger partial charge in [-0.1, -0.05) is 12.8 Å². The Labute approximate surface area is 96.9 Å². The van der Waals surface area contributed by atoms with E-state index in [2.05, 4.69) is 22.1 Å². The Morgan fingerprint density at radius 3 is 2.88 bits per heavy atom. The van der Waals surface area contributed by atoms with Crippen molar-refractivity contribution in [1.29, 1.82) is 0 Å². The van der Waals surface area contributed by atoms with Gasteiger partial charge in [0.25, 0.3) is 0 Å². The first-order valence-corrected chi connectivity index (χ1v) is 6.03. The van der Waals surface area contributed by atoms with Gasteiger partial charge >= 0.3 is 0 Å². The third kappa shape index (κ3) is 2.50. The van der Waals surface area contributed by atoms with Crippen LogP contribution in [0.1, 0.15) is 31.2 Å². The Morgan fingerprint density at radius 2 is 2.19 bits per heavy atom. The van der Waals surface area contributed by atoms with Crippen LogP contribution in [0.2, 0.25) is 0 Å². The summed E-state index contributed by atoms with van der Waals surface area (Å²) in [5.74, 6) is 1.76. The lowest BCUT2D eigenvalue weighted by Crippen LogP contribution is -2.26. The van der Waals surface area contributed by atoms with E-state index in [0.29, 0.717) is 6.54 Å². The van der Waals surface area contributed by atoms with E-state index < -0.39 is 0 Å². The molecule has 4 nitrogen and oxygen atoms in total. The number of nitrogens with zero attached hydrogens (tertiary/aromatic N) is 3. The van der Waals surface area contributed by atoms with Gasteiger partial charge in [0.05, 0.1) is 6.20 Å². The standard InChI is InChI=1S/C12H20N4/c1-16(9-10-4-2-3-5-10)12-11(8-13)6-7-14-15-12/h6-7,10H,2-5,8-9,13H2,1H3. The van der Waals surface area contributed by atoms with E-state index in [-0.39, 0.29) is 0 Å². The third-order valence-corrected chi connectivity index (χ3v) is 3.37. The van der Waals surface area contributed by atoms with Crippen molar-refractivity contribution in [2.45, 2.75) is 32.2 Å². The smallest absolute Gasteiger partial charge is 0.155 e. The average Bonchev–Trinajstić information content (AvgIpc) is 2.81. The minimum atomic E-state index is 0.528. The fourth-order valence-electron chi connectivity index (χ4n) is 2.50. The number of hydrogen-bond acceptors (Lipinski definition) is 4. The molecule has 0 bridgehead atoms. The van der Waals surface area contributed by atoms with Crippen LogP contribution < -0.4 is 10.6 Å². The van der Waals surface area contributed by atoms with Gasteiger partial charge in [-0.25, -0.2) is 0 Å². The minimum Gasteiger partial charge on any atom is -0.358 e. The highest BCUT2D eigenvalue weighted by atomic mass is 15.2. The van der Waals surface area contributed by atoms with Crippen molar-refractivity contribution >= 4 is 5.82 Å². The predicted molar refractivity (Wildman–Crippen MR) is 65.2 cm³/mol. The molecule has 1 saturated carbocycles. The summed E-state index contributed by atoms with van der Waals surface area (Å²) in [4.78, 5) is 2.20. The van der Waals surface area contributed by atoms with E-state index >= 15 is 0 Å². The molecule has 88 valence electrons. The molecule has 1 aliphatic carbocycles. The molecule has 0 unspecified atom stereocenters. The topological polar surface area (TPSA) is 55.0 Å². The van der Waals surface area contributed by atoms with E-state index in [0.717, 1.165) is 23.8 Å². The number of rotatable bonds is 4. The van der Waals surface area contributed by atoms with E-state index in [1.165, 1.54) is 25.7 Å². The summed E-state index contributed by atoms with van der Waals surface area (Å²) in [5, 5.41) is 8.13. The molecule has 0 amide bonds. The van der Waals surface area contributed by atoms with Gasteiger partial charge in [-0.05, 0) is 24.8 Å². The maximum atomic E-state index is 5.70. The second-order valence-electron chi connectivity index (χ2n) is 4.62. The third-order valence-electron chi connectivity index (χ3n) is 3.37. The van der Waals surface area contributed by atoms with Gasteiger partial charge in [-0.3, -0.25) is 0 Å². The maximum absolute atomic E-state index is 5.70. The second kappa shape index (κ2) is 5.25. The number of anilines is 1. The lowest BCUT2D eigenvalue weighted by Gasteiger charge is -2.23. The van der Waals surface area contributed by atoms with Crippen molar-refractivity contribution in [3.63, 3.8) is 0 Å². The van der Waals surface area contributed by atoms with Crippen LogP contribution in [0, 0.1) is 5.92 Å². The highest BCUT2D eigenvalue weighted by Gasteiger charge is 2.18. The quantitative estimate of drug-likeness (QED) is 0.836. The number of nitrogens with two attached hydrogens (primary N) is 1. The Hall–Kier alpha value is -1.16. The molecule has 4 heteroatoms. The summed E-state index contributed by atoms with van der Waals surface area (Å²) < 4.78 is 0. The lowest BCUT2D eigenvalue weighted by molar-refractivity contribution is 0.543. The van der Waals surface area contributed by atoms with Gasteiger partial charge in [-0.15, -0.1) is 5.10 Å². The molecule has 2 rings (SSSR count). The summed E-state index contributed by atoms with van der Waals surface area (Å²) in [5.41, 5.74) is 6.78. The SMILES string of the molecule is CN(CC1CCCC1)c1nnccc1CN. The molecule has 0 radical (unpaired) electrons. The van der Waals surface area contributed by atoms with Crippen LogP contribution in [0.3, 0.4) is 0 Å². The molecule has 1 aromatic heterocycles. The summed E-state index contributed by atoms with van der Waals surface area (Å²) in [7, 11) is 2.08. The maximum Gasteiger partial charge on any atom is 0.155 e. The molecule has 1 heterocycles. The zero-order valence-electron chi connectivity index (χ0n) is 9.89. The van der Waals surface area contributed by atoms with Gasteiger partial charge in [0.2, 0.25) is 0 Å². The number of hydrogen-bond donors (Lipinski definition) is 1. The molecular formula is C12H20N4. The zero-order valence-corrected chi connectivity index (χ0v) is 9.89. The molecule has 1 aromatic rings. The molecule has 1 aliphatic rings. The van der Waals surface area contributed by atoms with Gasteiger partial charge in [-0.2, -0.15) is 5.10 Å². The Kier molecular flexibility index (Phi) is 3.72. The number of aromatic nitrogens is 2.